The second-order valence-corrected chi connectivity index (χ2v) is 7.00. The summed E-state index contributed by atoms with van der Waals surface area (Å²) in [7, 11) is 0. The van der Waals surface area contributed by atoms with Crippen molar-refractivity contribution in [3.63, 3.8) is 0 Å². The summed E-state index contributed by atoms with van der Waals surface area (Å²) in [5.74, 6) is 0.473. The van der Waals surface area contributed by atoms with Gasteiger partial charge in [-0.25, -0.2) is 0 Å². The van der Waals surface area contributed by atoms with E-state index in [1.807, 2.05) is 6.92 Å². The van der Waals surface area contributed by atoms with E-state index in [0.29, 0.717) is 17.2 Å². The summed E-state index contributed by atoms with van der Waals surface area (Å²) in [4.78, 5) is 16.2. The number of carbonyl (C=O) groups excluding carboxylic acids is 1. The van der Waals surface area contributed by atoms with Crippen molar-refractivity contribution in [3.05, 3.63) is 24.5 Å². The summed E-state index contributed by atoms with van der Waals surface area (Å²) in [6.45, 7) is 1.86. The lowest BCUT2D eigenvalue weighted by Crippen LogP contribution is -2.40. The van der Waals surface area contributed by atoms with Gasteiger partial charge in [0.2, 0.25) is 11.8 Å². The highest BCUT2D eigenvalue weighted by Gasteiger charge is 2.22. The van der Waals surface area contributed by atoms with Crippen molar-refractivity contribution in [3.8, 4) is 11.5 Å². The van der Waals surface area contributed by atoms with Crippen LogP contribution in [-0.4, -0.2) is 32.4 Å². The summed E-state index contributed by atoms with van der Waals surface area (Å²) >= 11 is 1.29. The number of hydrogen-bond donors (Lipinski definition) is 1. The number of amides is 1. The zero-order valence-electron chi connectivity index (χ0n) is 13.1. The zero-order chi connectivity index (χ0) is 16.1. The van der Waals surface area contributed by atoms with Crippen LogP contribution in [0, 0.1) is 0 Å². The number of thioether (sulfide) groups is 1. The molecule has 1 amide bonds. The minimum Gasteiger partial charge on any atom is -0.411 e. The van der Waals surface area contributed by atoms with Gasteiger partial charge in [-0.05, 0) is 31.9 Å². The molecular weight excluding hydrogens is 312 g/mol. The highest BCUT2D eigenvalue weighted by atomic mass is 32.2. The summed E-state index contributed by atoms with van der Waals surface area (Å²) in [5, 5.41) is 11.3. The Balaban J connectivity index is 1.56. The van der Waals surface area contributed by atoms with E-state index in [-0.39, 0.29) is 11.2 Å². The monoisotopic (exact) mass is 332 g/mol. The van der Waals surface area contributed by atoms with Crippen LogP contribution in [0.3, 0.4) is 0 Å². The van der Waals surface area contributed by atoms with Crippen molar-refractivity contribution >= 4 is 17.7 Å². The zero-order valence-corrected chi connectivity index (χ0v) is 13.9. The Labute approximate surface area is 139 Å². The van der Waals surface area contributed by atoms with E-state index < -0.39 is 0 Å². The molecule has 23 heavy (non-hydrogen) atoms. The van der Waals surface area contributed by atoms with E-state index in [2.05, 4.69) is 20.5 Å². The van der Waals surface area contributed by atoms with E-state index in [9.17, 15) is 4.79 Å². The molecule has 3 rings (SSSR count). The van der Waals surface area contributed by atoms with Crippen molar-refractivity contribution < 1.29 is 9.21 Å². The highest BCUT2D eigenvalue weighted by Crippen LogP contribution is 2.26. The van der Waals surface area contributed by atoms with Gasteiger partial charge in [0.25, 0.3) is 5.22 Å². The van der Waals surface area contributed by atoms with Crippen LogP contribution in [0.25, 0.3) is 11.5 Å². The number of nitrogens with zero attached hydrogens (tertiary/aromatic N) is 3. The number of rotatable bonds is 5. The predicted octanol–water partition coefficient (Wildman–Crippen LogP) is 3.06. The van der Waals surface area contributed by atoms with Gasteiger partial charge in [-0.2, -0.15) is 0 Å². The van der Waals surface area contributed by atoms with Crippen LogP contribution in [0.5, 0.6) is 0 Å². The molecular formula is C16H20N4O2S. The van der Waals surface area contributed by atoms with E-state index in [1.54, 1.807) is 24.5 Å². The van der Waals surface area contributed by atoms with Crippen LogP contribution in [0.1, 0.15) is 39.0 Å². The van der Waals surface area contributed by atoms with Crippen molar-refractivity contribution in [1.82, 2.24) is 20.5 Å². The first-order chi connectivity index (χ1) is 11.2. The molecule has 0 saturated heterocycles. The van der Waals surface area contributed by atoms with E-state index in [4.69, 9.17) is 4.42 Å². The third-order valence-corrected chi connectivity index (χ3v) is 4.87. The molecule has 0 aromatic carbocycles. The van der Waals surface area contributed by atoms with Crippen molar-refractivity contribution in [2.24, 2.45) is 0 Å². The summed E-state index contributed by atoms with van der Waals surface area (Å²) in [5.41, 5.74) is 0.818. The molecule has 0 bridgehead atoms. The molecule has 1 aliphatic carbocycles. The SMILES string of the molecule is CC(Sc1nnc(-c2ccncc2)o1)C(=O)NC1CCCCC1. The number of nitrogens with one attached hydrogen (secondary N) is 1. The molecule has 0 spiro atoms. The highest BCUT2D eigenvalue weighted by molar-refractivity contribution is 8.00. The van der Waals surface area contributed by atoms with Gasteiger partial charge >= 0.3 is 0 Å². The number of hydrogen-bond acceptors (Lipinski definition) is 6. The van der Waals surface area contributed by atoms with Gasteiger partial charge in [0.15, 0.2) is 0 Å². The molecule has 0 aliphatic heterocycles. The van der Waals surface area contributed by atoms with Crippen LogP contribution in [0.4, 0.5) is 0 Å². The molecule has 2 aromatic heterocycles. The first-order valence-electron chi connectivity index (χ1n) is 7.93. The maximum absolute atomic E-state index is 12.3. The van der Waals surface area contributed by atoms with Gasteiger partial charge in [0.1, 0.15) is 0 Å². The van der Waals surface area contributed by atoms with Gasteiger partial charge < -0.3 is 9.73 Å². The van der Waals surface area contributed by atoms with Crippen LogP contribution >= 0.6 is 11.8 Å². The molecule has 6 nitrogen and oxygen atoms in total. The number of aromatic nitrogens is 3. The largest absolute Gasteiger partial charge is 0.411 e. The maximum Gasteiger partial charge on any atom is 0.277 e. The minimum absolute atomic E-state index is 0.0329. The van der Waals surface area contributed by atoms with Gasteiger partial charge in [0.05, 0.1) is 5.25 Å². The van der Waals surface area contributed by atoms with Gasteiger partial charge in [-0.3, -0.25) is 9.78 Å². The maximum atomic E-state index is 12.3. The molecule has 0 radical (unpaired) electrons. The molecule has 1 fully saturated rings. The Kier molecular flexibility index (Phi) is 5.27. The van der Waals surface area contributed by atoms with E-state index in [1.165, 1.54) is 31.0 Å². The average molecular weight is 332 g/mol. The Morgan fingerprint density at radius 1 is 1.26 bits per heavy atom. The molecule has 1 saturated carbocycles. The number of carbonyl (C=O) groups is 1. The van der Waals surface area contributed by atoms with E-state index >= 15 is 0 Å². The second kappa shape index (κ2) is 7.59. The van der Waals surface area contributed by atoms with Crippen LogP contribution in [-0.2, 0) is 4.79 Å². The smallest absolute Gasteiger partial charge is 0.277 e. The number of pyridine rings is 1. The first-order valence-corrected chi connectivity index (χ1v) is 8.81. The third kappa shape index (κ3) is 4.31. The quantitative estimate of drug-likeness (QED) is 0.848. The lowest BCUT2D eigenvalue weighted by Gasteiger charge is -2.23. The van der Waals surface area contributed by atoms with Gasteiger partial charge in [-0.1, -0.05) is 31.0 Å². The molecule has 1 N–H and O–H groups in total. The molecule has 7 heteroatoms. The van der Waals surface area contributed by atoms with Crippen LogP contribution in [0.2, 0.25) is 0 Å². The molecule has 2 heterocycles. The normalized spacial score (nSPS) is 16.9. The topological polar surface area (TPSA) is 80.9 Å². The average Bonchev–Trinajstić information content (AvgIpc) is 3.05. The fourth-order valence-electron chi connectivity index (χ4n) is 2.64. The minimum atomic E-state index is -0.261. The summed E-state index contributed by atoms with van der Waals surface area (Å²) < 4.78 is 5.61. The van der Waals surface area contributed by atoms with Crippen molar-refractivity contribution in [1.29, 1.82) is 0 Å². The predicted molar refractivity (Wildman–Crippen MR) is 87.9 cm³/mol. The molecule has 1 aliphatic rings. The molecule has 1 atom stereocenters. The summed E-state index contributed by atoms with van der Waals surface area (Å²) in [6.07, 6.45) is 9.18. The third-order valence-electron chi connectivity index (χ3n) is 3.93. The van der Waals surface area contributed by atoms with E-state index in [0.717, 1.165) is 18.4 Å². The van der Waals surface area contributed by atoms with Crippen molar-refractivity contribution in [2.45, 2.75) is 55.5 Å². The van der Waals surface area contributed by atoms with Crippen molar-refractivity contribution in [2.75, 3.05) is 0 Å². The fraction of sp³-hybridized carbons (Fsp3) is 0.500. The Bertz CT molecular complexity index is 641. The first kappa shape index (κ1) is 16.0. The lowest BCUT2D eigenvalue weighted by atomic mass is 9.95. The Morgan fingerprint density at radius 2 is 2.00 bits per heavy atom. The Morgan fingerprint density at radius 3 is 2.74 bits per heavy atom. The Hall–Kier alpha value is -1.89. The molecule has 1 unspecified atom stereocenters. The molecule has 2 aromatic rings. The second-order valence-electron chi connectivity index (χ2n) is 5.71. The fourth-order valence-corrected chi connectivity index (χ4v) is 3.33. The lowest BCUT2D eigenvalue weighted by molar-refractivity contribution is -0.121. The summed E-state index contributed by atoms with van der Waals surface area (Å²) in [6, 6.07) is 3.93. The van der Waals surface area contributed by atoms with Crippen LogP contribution in [0.15, 0.2) is 34.2 Å². The van der Waals surface area contributed by atoms with Gasteiger partial charge in [-0.15, -0.1) is 10.2 Å². The molecule has 122 valence electrons. The van der Waals surface area contributed by atoms with Crippen LogP contribution < -0.4 is 5.32 Å². The van der Waals surface area contributed by atoms with Gasteiger partial charge in [0, 0.05) is 24.0 Å². The standard InChI is InChI=1S/C16H20N4O2S/c1-11(14(21)18-13-5-3-2-4-6-13)23-16-20-19-15(22-16)12-7-9-17-10-8-12/h7-11,13H,2-6H2,1H3,(H,18,21).